The molecule has 1 saturated heterocycles. The second kappa shape index (κ2) is 18.8. The molecule has 43 heavy (non-hydrogen) atoms. The Morgan fingerprint density at radius 2 is 1.63 bits per heavy atom. The minimum absolute atomic E-state index is 0.0450. The van der Waals surface area contributed by atoms with Crippen molar-refractivity contribution in [2.75, 3.05) is 19.8 Å². The Balaban J connectivity index is 2.08. The van der Waals surface area contributed by atoms with Crippen LogP contribution in [0.5, 0.6) is 0 Å². The van der Waals surface area contributed by atoms with Gasteiger partial charge in [-0.2, -0.15) is 0 Å². The van der Waals surface area contributed by atoms with Crippen LogP contribution in [0.25, 0.3) is 0 Å². The number of unbranched alkanes of at least 4 members (excludes halogenated alkanes) is 4. The van der Waals surface area contributed by atoms with Crippen molar-refractivity contribution in [2.45, 2.75) is 144 Å². The number of aliphatic hydroxyl groups excluding tert-OH is 7. The molecule has 0 aromatic rings. The number of nitrogens with one attached hydrogen (secondary N) is 1. The van der Waals surface area contributed by atoms with Crippen LogP contribution >= 0.6 is 0 Å². The standard InChI is InChI=1S/C27H54N4O12/c1-3-4-5-6-7-8-19(36)31-10-17(13(2)34)40-26(16(35)11-32)42-24-14(28)9-15(29)25(23(24)39)43-27-22(38)20(30)21(37)18(12-33)41-27/h13-18,20-27,32-35,37-39H,3-12,28-30H2,1-2H3,(H,31,36)/t13-,14?,15-,16-,17?,18?,20?,21?,22?,23?,24?,25?,26?,27?/m0/s1. The molecule has 0 spiro atoms. The number of amides is 1. The fraction of sp³-hybridized carbons (Fsp3) is 0.963. The minimum Gasteiger partial charge on any atom is -0.394 e. The molecule has 14 atom stereocenters. The Hall–Kier alpha value is -1.09. The van der Waals surface area contributed by atoms with Crippen LogP contribution in [0, 0.1) is 0 Å². The van der Waals surface area contributed by atoms with E-state index in [1.54, 1.807) is 0 Å². The summed E-state index contributed by atoms with van der Waals surface area (Å²) < 4.78 is 22.9. The molecular weight excluding hydrogens is 572 g/mol. The largest absolute Gasteiger partial charge is 0.394 e. The lowest BCUT2D eigenvalue weighted by atomic mass is 9.84. The summed E-state index contributed by atoms with van der Waals surface area (Å²) in [5.41, 5.74) is 18.3. The molecule has 1 saturated carbocycles. The zero-order valence-corrected chi connectivity index (χ0v) is 25.1. The molecule has 1 aliphatic carbocycles. The average Bonchev–Trinajstić information content (AvgIpc) is 2.97. The van der Waals surface area contributed by atoms with Gasteiger partial charge in [0.25, 0.3) is 0 Å². The van der Waals surface area contributed by atoms with Crippen LogP contribution in [0.4, 0.5) is 0 Å². The maximum atomic E-state index is 12.3. The van der Waals surface area contributed by atoms with E-state index in [-0.39, 0.29) is 18.9 Å². The predicted octanol–water partition coefficient (Wildman–Crippen LogP) is -4.14. The van der Waals surface area contributed by atoms with E-state index in [2.05, 4.69) is 12.2 Å². The third-order valence-electron chi connectivity index (χ3n) is 7.94. The highest BCUT2D eigenvalue weighted by atomic mass is 16.7. The molecule has 1 aliphatic heterocycles. The SMILES string of the molecule is CCCCCCCC(=O)NCC(OC(OC1C(N)C[C@H](N)C(OC2OC(CO)C(O)C(N)C2O)C1O)[C@@H](O)CO)[C@H](C)O. The quantitative estimate of drug-likeness (QED) is 0.0509. The van der Waals surface area contributed by atoms with Gasteiger partial charge < -0.3 is 77.2 Å². The highest BCUT2D eigenvalue weighted by molar-refractivity contribution is 5.75. The zero-order valence-electron chi connectivity index (χ0n) is 25.1. The summed E-state index contributed by atoms with van der Waals surface area (Å²) in [6.45, 7) is 1.99. The maximum Gasteiger partial charge on any atom is 0.220 e. The van der Waals surface area contributed by atoms with Crippen LogP contribution in [0.2, 0.25) is 0 Å². The second-order valence-electron chi connectivity index (χ2n) is 11.5. The molecule has 14 N–H and O–H groups in total. The van der Waals surface area contributed by atoms with E-state index >= 15 is 0 Å². The zero-order chi connectivity index (χ0) is 32.3. The van der Waals surface area contributed by atoms with Gasteiger partial charge in [0, 0.05) is 25.0 Å². The molecule has 254 valence electrons. The molecule has 2 rings (SSSR count). The summed E-state index contributed by atoms with van der Waals surface area (Å²) in [6.07, 6.45) is -9.80. The predicted molar refractivity (Wildman–Crippen MR) is 152 cm³/mol. The summed E-state index contributed by atoms with van der Waals surface area (Å²) in [6, 6.07) is -3.00. The van der Waals surface area contributed by atoms with Crippen molar-refractivity contribution in [3.63, 3.8) is 0 Å². The van der Waals surface area contributed by atoms with Crippen LogP contribution in [-0.2, 0) is 23.7 Å². The van der Waals surface area contributed by atoms with Gasteiger partial charge in [0.05, 0.1) is 25.4 Å². The van der Waals surface area contributed by atoms with E-state index in [4.69, 9.17) is 36.1 Å². The van der Waals surface area contributed by atoms with Crippen LogP contribution in [0.15, 0.2) is 0 Å². The van der Waals surface area contributed by atoms with Crippen LogP contribution in [-0.4, -0.2) is 147 Å². The Morgan fingerprint density at radius 3 is 2.23 bits per heavy atom. The highest BCUT2D eigenvalue weighted by Gasteiger charge is 2.49. The van der Waals surface area contributed by atoms with Crippen molar-refractivity contribution in [2.24, 2.45) is 17.2 Å². The van der Waals surface area contributed by atoms with Crippen molar-refractivity contribution < 1.29 is 59.5 Å². The summed E-state index contributed by atoms with van der Waals surface area (Å²) in [5.74, 6) is -0.229. The molecule has 16 heteroatoms. The van der Waals surface area contributed by atoms with Crippen LogP contribution < -0.4 is 22.5 Å². The van der Waals surface area contributed by atoms with Gasteiger partial charge in [-0.15, -0.1) is 0 Å². The van der Waals surface area contributed by atoms with E-state index in [1.807, 2.05) is 0 Å². The number of ether oxygens (including phenoxy) is 4. The van der Waals surface area contributed by atoms with Gasteiger partial charge in [-0.1, -0.05) is 32.6 Å². The smallest absolute Gasteiger partial charge is 0.220 e. The molecule has 2 aliphatic rings. The van der Waals surface area contributed by atoms with E-state index in [1.165, 1.54) is 6.92 Å². The van der Waals surface area contributed by atoms with Gasteiger partial charge in [-0.05, 0) is 19.8 Å². The third kappa shape index (κ3) is 11.0. The number of carbonyl (C=O) groups excluding carboxylic acids is 1. The van der Waals surface area contributed by atoms with Gasteiger partial charge in [0.1, 0.15) is 48.8 Å². The van der Waals surface area contributed by atoms with Crippen molar-refractivity contribution >= 4 is 5.91 Å². The van der Waals surface area contributed by atoms with Gasteiger partial charge in [0.2, 0.25) is 5.91 Å². The maximum absolute atomic E-state index is 12.3. The van der Waals surface area contributed by atoms with Gasteiger partial charge in [0.15, 0.2) is 12.6 Å². The van der Waals surface area contributed by atoms with Crippen molar-refractivity contribution in [1.82, 2.24) is 5.32 Å². The average molecular weight is 627 g/mol. The summed E-state index contributed by atoms with van der Waals surface area (Å²) in [7, 11) is 0. The van der Waals surface area contributed by atoms with E-state index in [9.17, 15) is 40.5 Å². The van der Waals surface area contributed by atoms with Gasteiger partial charge in [-0.25, -0.2) is 0 Å². The Bertz CT molecular complexity index is 799. The van der Waals surface area contributed by atoms with E-state index in [0.29, 0.717) is 6.42 Å². The lowest BCUT2D eigenvalue weighted by molar-refractivity contribution is -0.316. The summed E-state index contributed by atoms with van der Waals surface area (Å²) >= 11 is 0. The van der Waals surface area contributed by atoms with Gasteiger partial charge >= 0.3 is 0 Å². The molecule has 16 nitrogen and oxygen atoms in total. The number of carbonyl (C=O) groups is 1. The van der Waals surface area contributed by atoms with E-state index in [0.717, 1.165) is 32.1 Å². The third-order valence-corrected chi connectivity index (χ3v) is 7.94. The topological polar surface area (TPSA) is 286 Å². The summed E-state index contributed by atoms with van der Waals surface area (Å²) in [4.78, 5) is 12.3. The lowest BCUT2D eigenvalue weighted by Crippen LogP contribution is -2.67. The van der Waals surface area contributed by atoms with Crippen LogP contribution in [0.1, 0.15) is 58.8 Å². The molecule has 0 radical (unpaired) electrons. The molecular formula is C27H54N4O12. The van der Waals surface area contributed by atoms with E-state index < -0.39 is 98.9 Å². The molecule has 0 bridgehead atoms. The first kappa shape index (κ1) is 38.1. The molecule has 11 unspecified atom stereocenters. The minimum atomic E-state index is -1.63. The van der Waals surface area contributed by atoms with Crippen molar-refractivity contribution in [3.8, 4) is 0 Å². The molecule has 1 heterocycles. The fourth-order valence-corrected chi connectivity index (χ4v) is 5.17. The number of hydrogen-bond acceptors (Lipinski definition) is 15. The monoisotopic (exact) mass is 626 g/mol. The van der Waals surface area contributed by atoms with Gasteiger partial charge in [-0.3, -0.25) is 4.79 Å². The number of rotatable bonds is 18. The second-order valence-corrected chi connectivity index (χ2v) is 11.5. The molecule has 2 fully saturated rings. The first-order valence-electron chi connectivity index (χ1n) is 15.1. The molecule has 0 aromatic heterocycles. The van der Waals surface area contributed by atoms with Crippen molar-refractivity contribution in [1.29, 1.82) is 0 Å². The van der Waals surface area contributed by atoms with Crippen molar-refractivity contribution in [3.05, 3.63) is 0 Å². The first-order chi connectivity index (χ1) is 20.4. The lowest BCUT2D eigenvalue weighted by Gasteiger charge is -2.47. The number of hydrogen-bond donors (Lipinski definition) is 11. The Morgan fingerprint density at radius 1 is 0.977 bits per heavy atom. The number of aliphatic hydroxyl groups is 7. The molecule has 1 amide bonds. The number of nitrogens with two attached hydrogens (primary N) is 3. The molecule has 0 aromatic carbocycles. The normalized spacial score (nSPS) is 36.1. The Kier molecular flexibility index (Phi) is 16.6. The fourth-order valence-electron chi connectivity index (χ4n) is 5.17. The first-order valence-corrected chi connectivity index (χ1v) is 15.1. The highest BCUT2D eigenvalue weighted by Crippen LogP contribution is 2.29. The van der Waals surface area contributed by atoms with Crippen LogP contribution in [0.3, 0.4) is 0 Å². The Labute approximate surface area is 252 Å². The summed E-state index contributed by atoms with van der Waals surface area (Å²) in [5, 5.41) is 74.4.